The molecule has 0 aliphatic rings. The molecule has 0 N–H and O–H groups in total. The monoisotopic (exact) mass is 274 g/mol. The van der Waals surface area contributed by atoms with Gasteiger partial charge in [-0.05, 0) is 29.8 Å². The standard InChI is InChI=1S/C10H15BrN2O2/c1-10(2,14-3)4-5-15-9-8(11)6-12-7-13-9/h6-7H,4-5H2,1-3H3. The molecule has 1 heterocycles. The minimum Gasteiger partial charge on any atom is -0.477 e. The largest absolute Gasteiger partial charge is 0.477 e. The molecule has 0 saturated carbocycles. The maximum absolute atomic E-state index is 5.50. The van der Waals surface area contributed by atoms with Gasteiger partial charge in [-0.15, -0.1) is 0 Å². The van der Waals surface area contributed by atoms with Crippen LogP contribution in [0.15, 0.2) is 17.0 Å². The Balaban J connectivity index is 2.42. The highest BCUT2D eigenvalue weighted by atomic mass is 79.9. The molecule has 4 nitrogen and oxygen atoms in total. The van der Waals surface area contributed by atoms with E-state index in [9.17, 15) is 0 Å². The van der Waals surface area contributed by atoms with E-state index in [1.807, 2.05) is 13.8 Å². The Hall–Kier alpha value is -0.680. The lowest BCUT2D eigenvalue weighted by Gasteiger charge is -2.22. The molecule has 0 bridgehead atoms. The van der Waals surface area contributed by atoms with Crippen LogP contribution in [0.2, 0.25) is 0 Å². The van der Waals surface area contributed by atoms with Crippen LogP contribution in [0, 0.1) is 0 Å². The van der Waals surface area contributed by atoms with E-state index in [4.69, 9.17) is 9.47 Å². The first-order valence-electron chi connectivity index (χ1n) is 4.68. The van der Waals surface area contributed by atoms with Gasteiger partial charge in [-0.3, -0.25) is 0 Å². The molecule has 15 heavy (non-hydrogen) atoms. The van der Waals surface area contributed by atoms with Crippen molar-refractivity contribution >= 4 is 15.9 Å². The van der Waals surface area contributed by atoms with E-state index >= 15 is 0 Å². The van der Waals surface area contributed by atoms with Gasteiger partial charge < -0.3 is 9.47 Å². The lowest BCUT2D eigenvalue weighted by molar-refractivity contribution is 0.00500. The molecule has 0 amide bonds. The molecule has 84 valence electrons. The quantitative estimate of drug-likeness (QED) is 0.827. The van der Waals surface area contributed by atoms with E-state index in [-0.39, 0.29) is 5.60 Å². The van der Waals surface area contributed by atoms with E-state index in [0.29, 0.717) is 12.5 Å². The Morgan fingerprint density at radius 3 is 2.80 bits per heavy atom. The van der Waals surface area contributed by atoms with E-state index in [1.165, 1.54) is 6.33 Å². The average molecular weight is 275 g/mol. The Kier molecular flexibility index (Phi) is 4.47. The topological polar surface area (TPSA) is 44.2 Å². The van der Waals surface area contributed by atoms with Crippen molar-refractivity contribution in [3.63, 3.8) is 0 Å². The number of ether oxygens (including phenoxy) is 2. The van der Waals surface area contributed by atoms with Gasteiger partial charge in [-0.25, -0.2) is 9.97 Å². The van der Waals surface area contributed by atoms with Gasteiger partial charge in [0.1, 0.15) is 6.33 Å². The first kappa shape index (κ1) is 12.4. The number of hydrogen-bond donors (Lipinski definition) is 0. The van der Waals surface area contributed by atoms with Gasteiger partial charge in [0, 0.05) is 19.7 Å². The van der Waals surface area contributed by atoms with Crippen molar-refractivity contribution in [1.82, 2.24) is 9.97 Å². The van der Waals surface area contributed by atoms with Crippen molar-refractivity contribution in [3.05, 3.63) is 17.0 Å². The second-order valence-electron chi connectivity index (χ2n) is 3.74. The zero-order valence-electron chi connectivity index (χ0n) is 9.16. The lowest BCUT2D eigenvalue weighted by Crippen LogP contribution is -2.25. The van der Waals surface area contributed by atoms with Crippen molar-refractivity contribution in [2.45, 2.75) is 25.9 Å². The molecule has 0 spiro atoms. The Bertz CT molecular complexity index is 318. The molecule has 1 aromatic rings. The van der Waals surface area contributed by atoms with Crippen LogP contribution in [0.1, 0.15) is 20.3 Å². The first-order valence-corrected chi connectivity index (χ1v) is 5.48. The van der Waals surface area contributed by atoms with E-state index in [0.717, 1.165) is 10.9 Å². The Morgan fingerprint density at radius 2 is 2.20 bits per heavy atom. The summed E-state index contributed by atoms with van der Waals surface area (Å²) >= 11 is 3.31. The molecule has 1 aromatic heterocycles. The normalized spacial score (nSPS) is 11.5. The van der Waals surface area contributed by atoms with Crippen molar-refractivity contribution < 1.29 is 9.47 Å². The van der Waals surface area contributed by atoms with Crippen LogP contribution < -0.4 is 4.74 Å². The molecule has 0 saturated heterocycles. The summed E-state index contributed by atoms with van der Waals surface area (Å²) in [4.78, 5) is 7.86. The van der Waals surface area contributed by atoms with Crippen LogP contribution in [-0.4, -0.2) is 29.3 Å². The highest BCUT2D eigenvalue weighted by Crippen LogP contribution is 2.21. The highest BCUT2D eigenvalue weighted by Gasteiger charge is 2.16. The first-order chi connectivity index (χ1) is 7.05. The van der Waals surface area contributed by atoms with Crippen molar-refractivity contribution in [2.75, 3.05) is 13.7 Å². The summed E-state index contributed by atoms with van der Waals surface area (Å²) in [5.74, 6) is 0.567. The van der Waals surface area contributed by atoms with Crippen LogP contribution in [0.3, 0.4) is 0 Å². The molecule has 5 heteroatoms. The predicted molar refractivity (Wildman–Crippen MR) is 60.9 cm³/mol. The average Bonchev–Trinajstić information content (AvgIpc) is 2.21. The summed E-state index contributed by atoms with van der Waals surface area (Å²) in [5.41, 5.74) is -0.167. The molecule has 0 aromatic carbocycles. The van der Waals surface area contributed by atoms with Gasteiger partial charge >= 0.3 is 0 Å². The molecule has 0 radical (unpaired) electrons. The van der Waals surface area contributed by atoms with Gasteiger partial charge in [0.15, 0.2) is 0 Å². The second kappa shape index (κ2) is 5.42. The lowest BCUT2D eigenvalue weighted by atomic mass is 10.1. The fraction of sp³-hybridized carbons (Fsp3) is 0.600. The third-order valence-corrected chi connectivity index (χ3v) is 2.67. The van der Waals surface area contributed by atoms with Gasteiger partial charge in [0.25, 0.3) is 0 Å². The fourth-order valence-electron chi connectivity index (χ4n) is 0.903. The van der Waals surface area contributed by atoms with Gasteiger partial charge in [-0.2, -0.15) is 0 Å². The summed E-state index contributed by atoms with van der Waals surface area (Å²) < 4.78 is 11.5. The third kappa shape index (κ3) is 4.13. The maximum Gasteiger partial charge on any atom is 0.231 e. The van der Waals surface area contributed by atoms with Crippen LogP contribution in [0.5, 0.6) is 5.88 Å². The summed E-state index contributed by atoms with van der Waals surface area (Å²) in [6, 6.07) is 0. The number of nitrogens with zero attached hydrogens (tertiary/aromatic N) is 2. The molecule has 0 fully saturated rings. The minimum atomic E-state index is -0.167. The molecular formula is C10H15BrN2O2. The minimum absolute atomic E-state index is 0.167. The number of halogens is 1. The summed E-state index contributed by atoms with van der Waals surface area (Å²) in [7, 11) is 1.70. The zero-order valence-corrected chi connectivity index (χ0v) is 10.7. The summed E-state index contributed by atoms with van der Waals surface area (Å²) in [6.45, 7) is 4.60. The summed E-state index contributed by atoms with van der Waals surface area (Å²) in [6.07, 6.45) is 3.92. The van der Waals surface area contributed by atoms with Crippen LogP contribution >= 0.6 is 15.9 Å². The smallest absolute Gasteiger partial charge is 0.231 e. The van der Waals surface area contributed by atoms with Crippen molar-refractivity contribution in [1.29, 1.82) is 0 Å². The van der Waals surface area contributed by atoms with Crippen LogP contribution in [-0.2, 0) is 4.74 Å². The van der Waals surface area contributed by atoms with E-state index < -0.39 is 0 Å². The highest BCUT2D eigenvalue weighted by molar-refractivity contribution is 9.10. The Labute approximate surface area is 98.2 Å². The molecule has 0 aliphatic heterocycles. The predicted octanol–water partition coefficient (Wildman–Crippen LogP) is 2.43. The van der Waals surface area contributed by atoms with Gasteiger partial charge in [0.2, 0.25) is 5.88 Å². The van der Waals surface area contributed by atoms with E-state index in [2.05, 4.69) is 25.9 Å². The summed E-state index contributed by atoms with van der Waals surface area (Å²) in [5, 5.41) is 0. The number of rotatable bonds is 5. The number of aromatic nitrogens is 2. The maximum atomic E-state index is 5.50. The molecular weight excluding hydrogens is 260 g/mol. The van der Waals surface area contributed by atoms with Crippen molar-refractivity contribution in [2.24, 2.45) is 0 Å². The number of hydrogen-bond acceptors (Lipinski definition) is 4. The van der Waals surface area contributed by atoms with E-state index in [1.54, 1.807) is 13.3 Å². The zero-order chi connectivity index (χ0) is 11.3. The van der Waals surface area contributed by atoms with Crippen LogP contribution in [0.4, 0.5) is 0 Å². The fourth-order valence-corrected chi connectivity index (χ4v) is 1.24. The molecule has 0 atom stereocenters. The third-order valence-electron chi connectivity index (χ3n) is 2.13. The molecule has 0 aliphatic carbocycles. The van der Waals surface area contributed by atoms with Crippen molar-refractivity contribution in [3.8, 4) is 5.88 Å². The van der Waals surface area contributed by atoms with Crippen LogP contribution in [0.25, 0.3) is 0 Å². The van der Waals surface area contributed by atoms with Gasteiger partial charge in [-0.1, -0.05) is 0 Å². The number of methoxy groups -OCH3 is 1. The Morgan fingerprint density at radius 1 is 1.47 bits per heavy atom. The molecule has 1 rings (SSSR count). The SMILES string of the molecule is COC(C)(C)CCOc1ncncc1Br. The van der Waals surface area contributed by atoms with Gasteiger partial charge in [0.05, 0.1) is 16.7 Å². The second-order valence-corrected chi connectivity index (χ2v) is 4.59. The molecule has 0 unspecified atom stereocenters.